The fourth-order valence-electron chi connectivity index (χ4n) is 1.81. The molecule has 1 fully saturated rings. The number of aliphatic hydroxyl groups excluding tert-OH is 1. The van der Waals surface area contributed by atoms with Gasteiger partial charge in [0.2, 0.25) is 5.95 Å². The second-order valence-corrected chi connectivity index (χ2v) is 4.31. The van der Waals surface area contributed by atoms with Crippen molar-refractivity contribution in [3.8, 4) is 0 Å². The molecule has 0 aliphatic heterocycles. The van der Waals surface area contributed by atoms with Gasteiger partial charge in [-0.15, -0.1) is 0 Å². The summed E-state index contributed by atoms with van der Waals surface area (Å²) in [6.45, 7) is 3.80. The van der Waals surface area contributed by atoms with E-state index in [1.807, 2.05) is 6.07 Å². The molecule has 0 spiro atoms. The molecule has 0 saturated heterocycles. The molecule has 0 bridgehead atoms. The lowest BCUT2D eigenvalue weighted by molar-refractivity contribution is 0.301. The van der Waals surface area contributed by atoms with Crippen LogP contribution < -0.4 is 10.2 Å². The summed E-state index contributed by atoms with van der Waals surface area (Å²) < 4.78 is 0. The highest BCUT2D eigenvalue weighted by molar-refractivity contribution is 5.44. The van der Waals surface area contributed by atoms with Crippen LogP contribution in [0.25, 0.3) is 0 Å². The molecule has 1 aromatic heterocycles. The lowest BCUT2D eigenvalue weighted by Gasteiger charge is -2.22. The lowest BCUT2D eigenvalue weighted by atomic mass is 10.4. The van der Waals surface area contributed by atoms with Crippen LogP contribution in [-0.2, 0) is 0 Å². The van der Waals surface area contributed by atoms with Gasteiger partial charge in [-0.1, -0.05) is 6.92 Å². The van der Waals surface area contributed by atoms with Crippen molar-refractivity contribution in [2.75, 3.05) is 29.9 Å². The van der Waals surface area contributed by atoms with E-state index in [1.54, 1.807) is 6.20 Å². The highest BCUT2D eigenvalue weighted by atomic mass is 16.3. The first-order valence-corrected chi connectivity index (χ1v) is 6.29. The van der Waals surface area contributed by atoms with Crippen molar-refractivity contribution in [2.45, 2.75) is 32.2 Å². The first kappa shape index (κ1) is 12.1. The molecule has 0 aromatic carbocycles. The Labute approximate surface area is 102 Å². The predicted molar refractivity (Wildman–Crippen MR) is 68.3 cm³/mol. The number of aromatic nitrogens is 2. The highest BCUT2D eigenvalue weighted by Crippen LogP contribution is 2.30. The van der Waals surface area contributed by atoms with E-state index in [0.717, 1.165) is 18.8 Å². The maximum absolute atomic E-state index is 9.08. The van der Waals surface area contributed by atoms with Crippen LogP contribution >= 0.6 is 0 Å². The van der Waals surface area contributed by atoms with Gasteiger partial charge < -0.3 is 15.3 Å². The average molecular weight is 236 g/mol. The molecule has 0 atom stereocenters. The van der Waals surface area contributed by atoms with Crippen LogP contribution in [0, 0.1) is 0 Å². The zero-order chi connectivity index (χ0) is 12.1. The molecule has 5 nitrogen and oxygen atoms in total. The Hall–Kier alpha value is -1.36. The minimum absolute atomic E-state index is 0.165. The Kier molecular flexibility index (Phi) is 4.14. The second-order valence-electron chi connectivity index (χ2n) is 4.31. The molecular formula is C12H20N4O. The van der Waals surface area contributed by atoms with Crippen LogP contribution in [0.2, 0.25) is 0 Å². The molecule has 1 aromatic rings. The fraction of sp³-hybridized carbons (Fsp3) is 0.667. The van der Waals surface area contributed by atoms with Gasteiger partial charge in [0.15, 0.2) is 0 Å². The number of hydrogen-bond acceptors (Lipinski definition) is 5. The van der Waals surface area contributed by atoms with Crippen molar-refractivity contribution in [1.29, 1.82) is 0 Å². The monoisotopic (exact) mass is 236 g/mol. The first-order valence-electron chi connectivity index (χ1n) is 6.29. The third-order valence-electron chi connectivity index (χ3n) is 2.80. The highest BCUT2D eigenvalue weighted by Gasteiger charge is 2.29. The van der Waals surface area contributed by atoms with Crippen LogP contribution in [0.1, 0.15) is 26.2 Å². The van der Waals surface area contributed by atoms with Crippen molar-refractivity contribution in [3.63, 3.8) is 0 Å². The van der Waals surface area contributed by atoms with E-state index in [-0.39, 0.29) is 6.61 Å². The molecule has 1 saturated carbocycles. The number of rotatable bonds is 7. The summed E-state index contributed by atoms with van der Waals surface area (Å²) >= 11 is 0. The predicted octanol–water partition coefficient (Wildman–Crippen LogP) is 1.26. The van der Waals surface area contributed by atoms with E-state index in [2.05, 4.69) is 27.1 Å². The van der Waals surface area contributed by atoms with E-state index in [4.69, 9.17) is 5.11 Å². The first-order chi connectivity index (χ1) is 8.35. The van der Waals surface area contributed by atoms with Gasteiger partial charge in [0, 0.05) is 25.3 Å². The fourth-order valence-corrected chi connectivity index (χ4v) is 1.81. The normalized spacial score (nSPS) is 14.7. The SMILES string of the molecule is CCCNc1nccc(N(CCO)C2CC2)n1. The molecule has 0 unspecified atom stereocenters. The minimum atomic E-state index is 0.165. The van der Waals surface area contributed by atoms with Gasteiger partial charge in [-0.2, -0.15) is 4.98 Å². The van der Waals surface area contributed by atoms with Crippen molar-refractivity contribution in [2.24, 2.45) is 0 Å². The molecule has 0 amide bonds. The third-order valence-corrected chi connectivity index (χ3v) is 2.80. The maximum atomic E-state index is 9.08. The summed E-state index contributed by atoms with van der Waals surface area (Å²) in [5.74, 6) is 1.59. The summed E-state index contributed by atoms with van der Waals surface area (Å²) in [6, 6.07) is 2.46. The maximum Gasteiger partial charge on any atom is 0.224 e. The molecule has 17 heavy (non-hydrogen) atoms. The summed E-state index contributed by atoms with van der Waals surface area (Å²) in [5, 5.41) is 12.3. The van der Waals surface area contributed by atoms with Gasteiger partial charge >= 0.3 is 0 Å². The average Bonchev–Trinajstić information content (AvgIpc) is 3.18. The van der Waals surface area contributed by atoms with Crippen LogP contribution in [0.4, 0.5) is 11.8 Å². The standard InChI is InChI=1S/C12H20N4O/c1-2-6-13-12-14-7-5-11(15-12)16(8-9-17)10-3-4-10/h5,7,10,17H,2-4,6,8-9H2,1H3,(H,13,14,15). The molecule has 2 rings (SSSR count). The van der Waals surface area contributed by atoms with Crippen molar-refractivity contribution in [1.82, 2.24) is 9.97 Å². The Morgan fingerprint density at radius 2 is 2.35 bits per heavy atom. The van der Waals surface area contributed by atoms with E-state index in [9.17, 15) is 0 Å². The lowest BCUT2D eigenvalue weighted by Crippen LogP contribution is -2.30. The van der Waals surface area contributed by atoms with Crippen LogP contribution in [0.15, 0.2) is 12.3 Å². The molecule has 0 radical (unpaired) electrons. The largest absolute Gasteiger partial charge is 0.395 e. The van der Waals surface area contributed by atoms with Crippen molar-refractivity contribution < 1.29 is 5.11 Å². The quantitative estimate of drug-likeness (QED) is 0.746. The van der Waals surface area contributed by atoms with Gasteiger partial charge in [-0.25, -0.2) is 4.98 Å². The Balaban J connectivity index is 2.07. The topological polar surface area (TPSA) is 61.3 Å². The van der Waals surface area contributed by atoms with Crippen LogP contribution in [-0.4, -0.2) is 40.8 Å². The number of aliphatic hydroxyl groups is 1. The summed E-state index contributed by atoms with van der Waals surface area (Å²) in [6.07, 6.45) is 5.22. The van der Waals surface area contributed by atoms with Crippen LogP contribution in [0.3, 0.4) is 0 Å². The smallest absolute Gasteiger partial charge is 0.224 e. The number of anilines is 2. The molecule has 2 N–H and O–H groups in total. The third kappa shape index (κ3) is 3.30. The summed E-state index contributed by atoms with van der Waals surface area (Å²) in [7, 11) is 0. The molecule has 1 aliphatic rings. The van der Waals surface area contributed by atoms with Gasteiger partial charge in [0.05, 0.1) is 6.61 Å². The van der Waals surface area contributed by atoms with Crippen LogP contribution in [0.5, 0.6) is 0 Å². The molecule has 1 heterocycles. The molecular weight excluding hydrogens is 216 g/mol. The van der Waals surface area contributed by atoms with E-state index < -0.39 is 0 Å². The van der Waals surface area contributed by atoms with Crippen molar-refractivity contribution in [3.05, 3.63) is 12.3 Å². The molecule has 5 heteroatoms. The zero-order valence-electron chi connectivity index (χ0n) is 10.3. The minimum Gasteiger partial charge on any atom is -0.395 e. The summed E-state index contributed by atoms with van der Waals surface area (Å²) in [5.41, 5.74) is 0. The Morgan fingerprint density at radius 1 is 1.53 bits per heavy atom. The van der Waals surface area contributed by atoms with Gasteiger partial charge in [0.1, 0.15) is 5.82 Å². The van der Waals surface area contributed by atoms with E-state index in [1.165, 1.54) is 12.8 Å². The second kappa shape index (κ2) is 5.82. The summed E-state index contributed by atoms with van der Waals surface area (Å²) in [4.78, 5) is 10.8. The molecule has 94 valence electrons. The zero-order valence-corrected chi connectivity index (χ0v) is 10.3. The van der Waals surface area contributed by atoms with E-state index >= 15 is 0 Å². The van der Waals surface area contributed by atoms with Gasteiger partial charge in [-0.05, 0) is 25.3 Å². The number of nitrogens with zero attached hydrogens (tertiary/aromatic N) is 3. The number of hydrogen-bond donors (Lipinski definition) is 2. The van der Waals surface area contributed by atoms with E-state index in [0.29, 0.717) is 18.5 Å². The van der Waals surface area contributed by atoms with Gasteiger partial charge in [-0.3, -0.25) is 0 Å². The number of nitrogens with one attached hydrogen (secondary N) is 1. The Morgan fingerprint density at radius 3 is 3.00 bits per heavy atom. The van der Waals surface area contributed by atoms with Gasteiger partial charge in [0.25, 0.3) is 0 Å². The Bertz CT molecular complexity index is 354. The molecule has 1 aliphatic carbocycles. The van der Waals surface area contributed by atoms with Crippen molar-refractivity contribution >= 4 is 11.8 Å².